The highest BCUT2D eigenvalue weighted by atomic mass is 16.2. The van der Waals surface area contributed by atoms with Crippen LogP contribution in [0.25, 0.3) is 0 Å². The largest absolute Gasteiger partial charge is 0.340 e. The maximum atomic E-state index is 13.7. The van der Waals surface area contributed by atoms with Crippen LogP contribution >= 0.6 is 0 Å². The third-order valence-corrected chi connectivity index (χ3v) is 8.23. The van der Waals surface area contributed by atoms with E-state index in [0.29, 0.717) is 22.8 Å². The first-order chi connectivity index (χ1) is 11.9. The predicted octanol–water partition coefficient (Wildman–Crippen LogP) is 2.49. The maximum absolute atomic E-state index is 13.7. The Morgan fingerprint density at radius 3 is 2.20 bits per heavy atom. The van der Waals surface area contributed by atoms with Crippen molar-refractivity contribution in [1.82, 2.24) is 15.1 Å². The number of hydrogen-bond acceptors (Lipinski definition) is 3. The minimum absolute atomic E-state index is 0.0139. The zero-order valence-electron chi connectivity index (χ0n) is 16.1. The molecule has 2 heterocycles. The van der Waals surface area contributed by atoms with Gasteiger partial charge in [0.15, 0.2) is 0 Å². The molecule has 25 heavy (non-hydrogen) atoms. The van der Waals surface area contributed by atoms with E-state index in [4.69, 9.17) is 0 Å². The molecule has 2 aliphatic heterocycles. The Labute approximate surface area is 152 Å². The fraction of sp³-hybridized carbons (Fsp3) is 0.952. The number of hydrogen-bond donors (Lipinski definition) is 1. The number of nitrogens with one attached hydrogen (secondary N) is 1. The summed E-state index contributed by atoms with van der Waals surface area (Å²) in [5.41, 5.74) is 0.850. The highest BCUT2D eigenvalue weighted by molar-refractivity contribution is 5.83. The molecule has 0 aromatic rings. The standard InChI is InChI=1S/C21H35N3O/c1-19-9-16-10-20(2,13-19)15-21(11-16,14-19)18(25)24-7-5-23(6-8-24)17-3-4-22-12-17/h16-17,22H,3-15H2,1-2H3. The van der Waals surface area contributed by atoms with Gasteiger partial charge in [-0.2, -0.15) is 0 Å². The Balaban J connectivity index is 1.30. The first-order valence-electron chi connectivity index (χ1n) is 10.6. The lowest BCUT2D eigenvalue weighted by Crippen LogP contribution is -2.62. The van der Waals surface area contributed by atoms with Gasteiger partial charge in [-0.25, -0.2) is 0 Å². The second kappa shape index (κ2) is 5.45. The molecule has 4 aliphatic carbocycles. The molecule has 0 radical (unpaired) electrons. The molecule has 6 fully saturated rings. The van der Waals surface area contributed by atoms with Crippen molar-refractivity contribution in [2.45, 2.75) is 64.8 Å². The number of carbonyl (C=O) groups excluding carboxylic acids is 1. The van der Waals surface area contributed by atoms with Crippen LogP contribution in [0.15, 0.2) is 0 Å². The van der Waals surface area contributed by atoms with Crippen molar-refractivity contribution in [3.8, 4) is 0 Å². The lowest BCUT2D eigenvalue weighted by molar-refractivity contribution is -0.181. The van der Waals surface area contributed by atoms with Crippen LogP contribution in [0.4, 0.5) is 0 Å². The van der Waals surface area contributed by atoms with Crippen molar-refractivity contribution in [1.29, 1.82) is 0 Å². The maximum Gasteiger partial charge on any atom is 0.228 e. The average molecular weight is 346 g/mol. The van der Waals surface area contributed by atoms with Crippen LogP contribution in [-0.4, -0.2) is 61.0 Å². The first-order valence-corrected chi connectivity index (χ1v) is 10.6. The molecule has 0 aromatic heterocycles. The molecule has 0 aromatic carbocycles. The summed E-state index contributed by atoms with van der Waals surface area (Å²) in [6.45, 7) is 11.3. The Hall–Kier alpha value is -0.610. The normalized spacial score (nSPS) is 49.8. The molecule has 1 N–H and O–H groups in total. The van der Waals surface area contributed by atoms with Gasteiger partial charge in [0.1, 0.15) is 0 Å². The topological polar surface area (TPSA) is 35.6 Å². The lowest BCUT2D eigenvalue weighted by atomic mass is 9.40. The summed E-state index contributed by atoms with van der Waals surface area (Å²) in [7, 11) is 0. The SMILES string of the molecule is CC12CC3CC(C)(C1)CC(C(=O)N1CCN(C4CCNC4)CC1)(C3)C2. The number of piperazine rings is 1. The summed E-state index contributed by atoms with van der Waals surface area (Å²) in [6.07, 6.45) is 8.89. The Morgan fingerprint density at radius 1 is 0.960 bits per heavy atom. The Morgan fingerprint density at radius 2 is 1.64 bits per heavy atom. The summed E-state index contributed by atoms with van der Waals surface area (Å²) < 4.78 is 0. The first kappa shape index (κ1) is 16.6. The summed E-state index contributed by atoms with van der Waals surface area (Å²) in [5.74, 6) is 1.33. The molecule has 0 spiro atoms. The minimum atomic E-state index is -0.0139. The smallest absolute Gasteiger partial charge is 0.228 e. The molecule has 6 aliphatic rings. The zero-order chi connectivity index (χ0) is 17.3. The fourth-order valence-electron chi connectivity index (χ4n) is 8.26. The van der Waals surface area contributed by atoms with E-state index < -0.39 is 0 Å². The molecule has 140 valence electrons. The average Bonchev–Trinajstić information content (AvgIpc) is 3.05. The summed E-state index contributed by atoms with van der Waals surface area (Å²) in [6, 6.07) is 0.703. The third kappa shape index (κ3) is 2.66. The number of amides is 1. The van der Waals surface area contributed by atoms with Gasteiger partial charge in [0, 0.05) is 38.8 Å². The van der Waals surface area contributed by atoms with Gasteiger partial charge in [-0.1, -0.05) is 13.8 Å². The van der Waals surface area contributed by atoms with E-state index in [9.17, 15) is 4.79 Å². The summed E-state index contributed by atoms with van der Waals surface area (Å²) in [5, 5.41) is 3.48. The molecule has 3 atom stereocenters. The van der Waals surface area contributed by atoms with Gasteiger partial charge in [-0.3, -0.25) is 9.69 Å². The van der Waals surface area contributed by atoms with E-state index in [2.05, 4.69) is 29.0 Å². The summed E-state index contributed by atoms with van der Waals surface area (Å²) in [4.78, 5) is 18.5. The van der Waals surface area contributed by atoms with Crippen molar-refractivity contribution in [3.05, 3.63) is 0 Å². The number of rotatable bonds is 2. The highest BCUT2D eigenvalue weighted by Crippen LogP contribution is 2.69. The second-order valence-corrected chi connectivity index (χ2v) is 10.9. The van der Waals surface area contributed by atoms with Crippen molar-refractivity contribution in [2.75, 3.05) is 39.3 Å². The van der Waals surface area contributed by atoms with Crippen LogP contribution in [0.5, 0.6) is 0 Å². The fourth-order valence-corrected chi connectivity index (χ4v) is 8.26. The second-order valence-electron chi connectivity index (χ2n) is 10.9. The van der Waals surface area contributed by atoms with E-state index >= 15 is 0 Å². The van der Waals surface area contributed by atoms with Crippen LogP contribution in [-0.2, 0) is 4.79 Å². The molecular weight excluding hydrogens is 310 g/mol. The van der Waals surface area contributed by atoms with Crippen LogP contribution in [0.3, 0.4) is 0 Å². The van der Waals surface area contributed by atoms with E-state index in [1.807, 2.05) is 0 Å². The van der Waals surface area contributed by atoms with Crippen molar-refractivity contribution in [3.63, 3.8) is 0 Å². The monoisotopic (exact) mass is 345 g/mol. The Bertz CT molecular complexity index is 543. The third-order valence-electron chi connectivity index (χ3n) is 8.23. The molecule has 3 unspecified atom stereocenters. The number of nitrogens with zero attached hydrogens (tertiary/aromatic N) is 2. The van der Waals surface area contributed by atoms with Crippen molar-refractivity contribution >= 4 is 5.91 Å². The molecule has 4 nitrogen and oxygen atoms in total. The molecule has 4 saturated carbocycles. The molecule has 1 amide bonds. The molecular formula is C21H35N3O. The van der Waals surface area contributed by atoms with Gasteiger partial charge in [0.25, 0.3) is 0 Å². The van der Waals surface area contributed by atoms with Gasteiger partial charge in [-0.05, 0) is 68.2 Å². The summed E-state index contributed by atoms with van der Waals surface area (Å²) >= 11 is 0. The quantitative estimate of drug-likeness (QED) is 0.835. The minimum Gasteiger partial charge on any atom is -0.340 e. The van der Waals surface area contributed by atoms with Gasteiger partial charge in [0.2, 0.25) is 5.91 Å². The van der Waals surface area contributed by atoms with Gasteiger partial charge in [-0.15, -0.1) is 0 Å². The van der Waals surface area contributed by atoms with Crippen molar-refractivity contribution < 1.29 is 4.79 Å². The molecule has 6 rings (SSSR count). The van der Waals surface area contributed by atoms with E-state index in [1.54, 1.807) is 0 Å². The Kier molecular flexibility index (Phi) is 3.61. The van der Waals surface area contributed by atoms with Crippen molar-refractivity contribution in [2.24, 2.45) is 22.2 Å². The van der Waals surface area contributed by atoms with Gasteiger partial charge in [0.05, 0.1) is 5.41 Å². The van der Waals surface area contributed by atoms with Crippen LogP contribution in [0, 0.1) is 22.2 Å². The molecule has 2 saturated heterocycles. The van der Waals surface area contributed by atoms with Crippen LogP contribution in [0.1, 0.15) is 58.8 Å². The van der Waals surface area contributed by atoms with Crippen LogP contribution < -0.4 is 5.32 Å². The van der Waals surface area contributed by atoms with Crippen LogP contribution in [0.2, 0.25) is 0 Å². The van der Waals surface area contributed by atoms with E-state index in [0.717, 1.165) is 58.0 Å². The van der Waals surface area contributed by atoms with E-state index in [1.165, 1.54) is 32.1 Å². The molecule has 4 heteroatoms. The van der Waals surface area contributed by atoms with E-state index in [-0.39, 0.29) is 5.41 Å². The molecule has 4 bridgehead atoms. The lowest BCUT2D eigenvalue weighted by Gasteiger charge is -2.65. The predicted molar refractivity (Wildman–Crippen MR) is 99.3 cm³/mol. The number of carbonyl (C=O) groups is 1. The van der Waals surface area contributed by atoms with Gasteiger partial charge >= 0.3 is 0 Å². The highest BCUT2D eigenvalue weighted by Gasteiger charge is 2.63. The zero-order valence-corrected chi connectivity index (χ0v) is 16.1. The van der Waals surface area contributed by atoms with Gasteiger partial charge < -0.3 is 10.2 Å².